The largest absolute Gasteiger partial charge is 0.306 e. The van der Waals surface area contributed by atoms with Gasteiger partial charge in [-0.1, -0.05) is 66.7 Å². The fourth-order valence-corrected chi connectivity index (χ4v) is 8.18. The zero-order valence-electron chi connectivity index (χ0n) is 17.1. The molecule has 0 radical (unpaired) electrons. The van der Waals surface area contributed by atoms with Gasteiger partial charge in [0, 0.05) is 23.7 Å². The first kappa shape index (κ1) is 18.8. The summed E-state index contributed by atoms with van der Waals surface area (Å²) < 4.78 is 26.8. The summed E-state index contributed by atoms with van der Waals surface area (Å²) >= 11 is 0. The summed E-state index contributed by atoms with van der Waals surface area (Å²) in [7, 11) is -1.61. The van der Waals surface area contributed by atoms with E-state index in [2.05, 4.69) is 0 Å². The molecule has 3 aliphatic rings. The van der Waals surface area contributed by atoms with Gasteiger partial charge in [-0.05, 0) is 30.3 Å². The summed E-state index contributed by atoms with van der Waals surface area (Å²) in [6.45, 7) is 0.791. The molecule has 3 aliphatic heterocycles. The van der Waals surface area contributed by atoms with Gasteiger partial charge in [-0.2, -0.15) is 0 Å². The third kappa shape index (κ3) is 2.24. The van der Waals surface area contributed by atoms with E-state index in [1.807, 2.05) is 83.6 Å². The Morgan fingerprint density at radius 3 is 2.42 bits per heavy atom. The van der Waals surface area contributed by atoms with Gasteiger partial charge in [0.25, 0.3) is 5.91 Å². The van der Waals surface area contributed by atoms with Gasteiger partial charge in [-0.25, -0.2) is 8.42 Å². The third-order valence-electron chi connectivity index (χ3n) is 7.20. The maximum absolute atomic E-state index is 14.3. The highest BCUT2D eigenvalue weighted by atomic mass is 32.2. The van der Waals surface area contributed by atoms with Gasteiger partial charge >= 0.3 is 0 Å². The summed E-state index contributed by atoms with van der Waals surface area (Å²) in [5, 5.41) is -0.622. The number of sulfone groups is 1. The van der Waals surface area contributed by atoms with E-state index in [1.165, 1.54) is 0 Å². The van der Waals surface area contributed by atoms with Gasteiger partial charge in [0.1, 0.15) is 5.54 Å². The van der Waals surface area contributed by atoms with E-state index >= 15 is 0 Å². The van der Waals surface area contributed by atoms with Crippen LogP contribution in [0.1, 0.15) is 22.6 Å². The number of amides is 1. The molecule has 1 fully saturated rings. The predicted octanol–water partition coefficient (Wildman–Crippen LogP) is 3.31. The number of likely N-dealkylation sites (tertiary alicyclic amines) is 1. The Bertz CT molecular complexity index is 1320. The van der Waals surface area contributed by atoms with Crippen molar-refractivity contribution in [3.05, 3.63) is 95.6 Å². The molecule has 3 heterocycles. The summed E-state index contributed by atoms with van der Waals surface area (Å²) in [6, 6.07) is 25.0. The van der Waals surface area contributed by atoms with Crippen LogP contribution in [0.4, 0.5) is 5.69 Å². The van der Waals surface area contributed by atoms with E-state index in [4.69, 9.17) is 0 Å². The molecule has 1 spiro atoms. The zero-order chi connectivity index (χ0) is 21.4. The van der Waals surface area contributed by atoms with Crippen molar-refractivity contribution in [2.75, 3.05) is 18.5 Å². The lowest BCUT2D eigenvalue weighted by atomic mass is 9.76. The number of likely N-dealkylation sites (N-methyl/N-ethyl adjacent to an activating group) is 1. The average molecular weight is 431 g/mol. The molecule has 3 atom stereocenters. The number of fused-ring (bicyclic) bond motifs is 6. The van der Waals surface area contributed by atoms with Crippen LogP contribution in [0.25, 0.3) is 0 Å². The van der Waals surface area contributed by atoms with Crippen LogP contribution in [0.15, 0.2) is 83.8 Å². The van der Waals surface area contributed by atoms with Gasteiger partial charge in [-0.3, -0.25) is 9.69 Å². The van der Waals surface area contributed by atoms with Crippen molar-refractivity contribution in [3.8, 4) is 0 Å². The first-order valence-electron chi connectivity index (χ1n) is 10.5. The van der Waals surface area contributed by atoms with Crippen molar-refractivity contribution < 1.29 is 13.2 Å². The first-order chi connectivity index (χ1) is 15.0. The fraction of sp³-hybridized carbons (Fsp3) is 0.240. The van der Waals surface area contributed by atoms with Crippen LogP contribution in [0.2, 0.25) is 0 Å². The SMILES string of the molecule is CN1C[C@@H]2[C@@H](c3ccccc3S2(=O)=O)[C@]12C(=O)N(Cc1ccccc1)c1ccccc12. The van der Waals surface area contributed by atoms with Crippen LogP contribution in [0.3, 0.4) is 0 Å². The number of hydrogen-bond acceptors (Lipinski definition) is 4. The van der Waals surface area contributed by atoms with Gasteiger partial charge in [0.05, 0.1) is 16.7 Å². The summed E-state index contributed by atoms with van der Waals surface area (Å²) in [5.41, 5.74) is 2.56. The monoisotopic (exact) mass is 430 g/mol. The molecule has 1 amide bonds. The number of hydrogen-bond donors (Lipinski definition) is 0. The molecule has 0 N–H and O–H groups in total. The van der Waals surface area contributed by atoms with E-state index in [0.29, 0.717) is 18.0 Å². The molecule has 5 nitrogen and oxygen atoms in total. The number of para-hydroxylation sites is 1. The second-order valence-electron chi connectivity index (χ2n) is 8.64. The van der Waals surface area contributed by atoms with Crippen molar-refractivity contribution >= 4 is 21.4 Å². The molecule has 6 heteroatoms. The van der Waals surface area contributed by atoms with E-state index < -0.39 is 26.5 Å². The number of benzene rings is 3. The number of rotatable bonds is 2. The Morgan fingerprint density at radius 1 is 0.935 bits per heavy atom. The van der Waals surface area contributed by atoms with Gasteiger partial charge < -0.3 is 4.90 Å². The average Bonchev–Trinajstić information content (AvgIpc) is 3.31. The molecule has 0 aliphatic carbocycles. The Labute approximate surface area is 181 Å². The van der Waals surface area contributed by atoms with Crippen LogP contribution in [0.5, 0.6) is 0 Å². The molecular formula is C25H22N2O3S. The highest BCUT2D eigenvalue weighted by molar-refractivity contribution is 7.92. The number of carbonyl (C=O) groups excluding carboxylic acids is 1. The molecule has 156 valence electrons. The predicted molar refractivity (Wildman–Crippen MR) is 119 cm³/mol. The van der Waals surface area contributed by atoms with Crippen LogP contribution >= 0.6 is 0 Å². The molecule has 0 aromatic heterocycles. The van der Waals surface area contributed by atoms with Crippen LogP contribution < -0.4 is 4.90 Å². The van der Waals surface area contributed by atoms with E-state index in [-0.39, 0.29) is 5.91 Å². The molecule has 31 heavy (non-hydrogen) atoms. The minimum atomic E-state index is -3.49. The smallest absolute Gasteiger partial charge is 0.253 e. The van der Waals surface area contributed by atoms with Crippen LogP contribution in [-0.2, 0) is 26.7 Å². The summed E-state index contributed by atoms with van der Waals surface area (Å²) in [5.74, 6) is -0.465. The molecule has 3 aromatic carbocycles. The number of nitrogens with zero attached hydrogens (tertiary/aromatic N) is 2. The molecule has 0 saturated carbocycles. The number of carbonyl (C=O) groups is 1. The maximum atomic E-state index is 14.3. The molecule has 1 saturated heterocycles. The number of anilines is 1. The summed E-state index contributed by atoms with van der Waals surface area (Å²) in [6.07, 6.45) is 0. The molecule has 6 rings (SSSR count). The second-order valence-corrected chi connectivity index (χ2v) is 10.8. The van der Waals surface area contributed by atoms with Gasteiger partial charge in [0.15, 0.2) is 9.84 Å². The van der Waals surface area contributed by atoms with E-state index in [1.54, 1.807) is 12.1 Å². The minimum Gasteiger partial charge on any atom is -0.306 e. The molecule has 0 bridgehead atoms. The highest BCUT2D eigenvalue weighted by Crippen LogP contribution is 2.61. The normalized spacial score (nSPS) is 28.0. The van der Waals surface area contributed by atoms with E-state index in [9.17, 15) is 13.2 Å². The topological polar surface area (TPSA) is 57.7 Å². The van der Waals surface area contributed by atoms with Crippen LogP contribution in [0, 0.1) is 0 Å². The molecular weight excluding hydrogens is 408 g/mol. The van der Waals surface area contributed by atoms with Crippen molar-refractivity contribution in [1.82, 2.24) is 4.90 Å². The lowest BCUT2D eigenvalue weighted by molar-refractivity contribution is -0.128. The van der Waals surface area contributed by atoms with Crippen molar-refractivity contribution in [2.24, 2.45) is 0 Å². The Morgan fingerprint density at radius 2 is 1.61 bits per heavy atom. The Hall–Kier alpha value is -2.96. The Balaban J connectivity index is 1.58. The first-order valence-corrected chi connectivity index (χ1v) is 12.0. The maximum Gasteiger partial charge on any atom is 0.253 e. The third-order valence-corrected chi connectivity index (χ3v) is 9.40. The minimum absolute atomic E-state index is 0.0422. The van der Waals surface area contributed by atoms with Crippen LogP contribution in [-0.4, -0.2) is 38.1 Å². The highest BCUT2D eigenvalue weighted by Gasteiger charge is 2.69. The van der Waals surface area contributed by atoms with Gasteiger partial charge in [-0.15, -0.1) is 0 Å². The second kappa shape index (κ2) is 6.28. The standard InChI is InChI=1S/C25H22N2O3S/c1-26-16-22-23(18-11-5-8-14-21(18)31(22,29)30)25(26)19-12-6-7-13-20(19)27(24(25)28)15-17-9-3-2-4-10-17/h2-14,22-23H,15-16H2,1H3/t22-,23-,25-/m1/s1. The zero-order valence-corrected chi connectivity index (χ0v) is 17.9. The lowest BCUT2D eigenvalue weighted by Crippen LogP contribution is -2.50. The van der Waals surface area contributed by atoms with E-state index in [0.717, 1.165) is 22.4 Å². The van der Waals surface area contributed by atoms with Crippen molar-refractivity contribution in [1.29, 1.82) is 0 Å². The van der Waals surface area contributed by atoms with Gasteiger partial charge in [0.2, 0.25) is 0 Å². The fourth-order valence-electron chi connectivity index (χ4n) is 5.94. The van der Waals surface area contributed by atoms with Crippen molar-refractivity contribution in [3.63, 3.8) is 0 Å². The quantitative estimate of drug-likeness (QED) is 0.626. The molecule has 3 aromatic rings. The summed E-state index contributed by atoms with van der Waals surface area (Å²) in [4.78, 5) is 18.4. The van der Waals surface area contributed by atoms with Crippen molar-refractivity contribution in [2.45, 2.75) is 28.1 Å². The lowest BCUT2D eigenvalue weighted by Gasteiger charge is -2.36. The Kier molecular flexibility index (Phi) is 3.80. The molecule has 0 unspecified atom stereocenters.